The van der Waals surface area contributed by atoms with E-state index in [-0.39, 0.29) is 5.69 Å². The van der Waals surface area contributed by atoms with E-state index in [9.17, 15) is 4.79 Å². The standard InChI is InChI=1S/C9H8N4O2/c14-8(15)6-3-7(5-1-2-5)13-9(12-6)10-4-11-13/h3-5H,1-2H2,(H,14,15). The molecule has 1 aliphatic rings. The molecule has 15 heavy (non-hydrogen) atoms. The van der Waals surface area contributed by atoms with Gasteiger partial charge in [-0.3, -0.25) is 0 Å². The number of carboxylic acid groups (broad SMARTS) is 1. The quantitative estimate of drug-likeness (QED) is 0.778. The van der Waals surface area contributed by atoms with Gasteiger partial charge in [-0.25, -0.2) is 14.3 Å². The Kier molecular flexibility index (Phi) is 1.53. The van der Waals surface area contributed by atoms with E-state index in [0.717, 1.165) is 18.5 Å². The summed E-state index contributed by atoms with van der Waals surface area (Å²) in [5.74, 6) is -0.255. The Morgan fingerprint density at radius 2 is 2.33 bits per heavy atom. The molecule has 1 fully saturated rings. The largest absolute Gasteiger partial charge is 0.477 e. The van der Waals surface area contributed by atoms with Gasteiger partial charge in [0.15, 0.2) is 5.69 Å². The number of rotatable bonds is 2. The zero-order valence-corrected chi connectivity index (χ0v) is 7.79. The molecule has 0 saturated heterocycles. The molecule has 1 saturated carbocycles. The van der Waals surface area contributed by atoms with E-state index in [1.807, 2.05) is 0 Å². The molecule has 0 spiro atoms. The van der Waals surface area contributed by atoms with Gasteiger partial charge in [0.2, 0.25) is 0 Å². The van der Waals surface area contributed by atoms with Gasteiger partial charge >= 0.3 is 5.97 Å². The van der Waals surface area contributed by atoms with Crippen LogP contribution in [0.2, 0.25) is 0 Å². The molecule has 1 N–H and O–H groups in total. The predicted molar refractivity (Wildman–Crippen MR) is 49.7 cm³/mol. The van der Waals surface area contributed by atoms with Gasteiger partial charge in [0.05, 0.1) is 5.69 Å². The number of hydrogen-bond donors (Lipinski definition) is 1. The van der Waals surface area contributed by atoms with E-state index < -0.39 is 5.97 Å². The Balaban J connectivity index is 2.28. The van der Waals surface area contributed by atoms with Crippen molar-refractivity contribution >= 4 is 11.7 Å². The maximum Gasteiger partial charge on any atom is 0.354 e. The molecular weight excluding hydrogens is 196 g/mol. The molecule has 1 aliphatic carbocycles. The van der Waals surface area contributed by atoms with Crippen molar-refractivity contribution < 1.29 is 9.90 Å². The minimum Gasteiger partial charge on any atom is -0.477 e. The number of fused-ring (bicyclic) bond motifs is 1. The lowest BCUT2D eigenvalue weighted by molar-refractivity contribution is 0.0690. The molecule has 0 radical (unpaired) electrons. The zero-order chi connectivity index (χ0) is 10.4. The van der Waals surface area contributed by atoms with E-state index in [1.165, 1.54) is 6.33 Å². The van der Waals surface area contributed by atoms with Crippen LogP contribution in [0.25, 0.3) is 5.78 Å². The second-order valence-corrected chi connectivity index (χ2v) is 3.62. The first-order valence-corrected chi connectivity index (χ1v) is 4.69. The molecule has 0 aromatic carbocycles. The zero-order valence-electron chi connectivity index (χ0n) is 7.79. The topological polar surface area (TPSA) is 80.4 Å². The second-order valence-electron chi connectivity index (χ2n) is 3.62. The first kappa shape index (κ1) is 8.34. The predicted octanol–water partition coefficient (Wildman–Crippen LogP) is 0.700. The second kappa shape index (κ2) is 2.75. The minimum atomic E-state index is -1.03. The molecule has 0 aliphatic heterocycles. The Morgan fingerprint density at radius 3 is 3.00 bits per heavy atom. The van der Waals surface area contributed by atoms with E-state index in [4.69, 9.17) is 5.11 Å². The van der Waals surface area contributed by atoms with Gasteiger partial charge in [0.1, 0.15) is 6.33 Å². The number of aromatic carboxylic acids is 1. The molecule has 0 atom stereocenters. The number of carbonyl (C=O) groups is 1. The van der Waals surface area contributed by atoms with E-state index in [2.05, 4.69) is 15.1 Å². The first-order chi connectivity index (χ1) is 7.25. The summed E-state index contributed by atoms with van der Waals surface area (Å²) in [6.07, 6.45) is 3.55. The lowest BCUT2D eigenvalue weighted by Crippen LogP contribution is -2.07. The lowest BCUT2D eigenvalue weighted by atomic mass is 10.2. The average Bonchev–Trinajstić information content (AvgIpc) is 2.94. The van der Waals surface area contributed by atoms with Crippen LogP contribution in [0.15, 0.2) is 12.4 Å². The SMILES string of the molecule is O=C(O)c1cc(C2CC2)n2ncnc2n1. The summed E-state index contributed by atoms with van der Waals surface area (Å²) < 4.78 is 1.62. The summed E-state index contributed by atoms with van der Waals surface area (Å²) in [5, 5.41) is 12.9. The molecule has 0 amide bonds. The lowest BCUT2D eigenvalue weighted by Gasteiger charge is -2.02. The molecule has 6 heteroatoms. The van der Waals surface area contributed by atoms with Crippen LogP contribution in [-0.4, -0.2) is 30.7 Å². The number of aromatic nitrogens is 4. The maximum atomic E-state index is 10.8. The van der Waals surface area contributed by atoms with Crippen LogP contribution < -0.4 is 0 Å². The highest BCUT2D eigenvalue weighted by Gasteiger charge is 2.28. The summed E-state index contributed by atoms with van der Waals surface area (Å²) in [4.78, 5) is 18.6. The maximum absolute atomic E-state index is 10.8. The number of hydrogen-bond acceptors (Lipinski definition) is 4. The third-order valence-electron chi connectivity index (χ3n) is 2.49. The Hall–Kier alpha value is -1.98. The Morgan fingerprint density at radius 1 is 1.53 bits per heavy atom. The van der Waals surface area contributed by atoms with Gasteiger partial charge in [0, 0.05) is 5.92 Å². The normalized spacial score (nSPS) is 15.7. The van der Waals surface area contributed by atoms with Crippen molar-refractivity contribution in [1.29, 1.82) is 0 Å². The monoisotopic (exact) mass is 204 g/mol. The molecular formula is C9H8N4O2. The fraction of sp³-hybridized carbons (Fsp3) is 0.333. The van der Waals surface area contributed by atoms with Gasteiger partial charge < -0.3 is 5.11 Å². The van der Waals surface area contributed by atoms with Crippen molar-refractivity contribution in [1.82, 2.24) is 19.6 Å². The molecule has 2 heterocycles. The van der Waals surface area contributed by atoms with Crippen LogP contribution in [0.4, 0.5) is 0 Å². The van der Waals surface area contributed by atoms with Crippen LogP contribution in [0.1, 0.15) is 34.9 Å². The van der Waals surface area contributed by atoms with Gasteiger partial charge in [0.25, 0.3) is 5.78 Å². The van der Waals surface area contributed by atoms with E-state index in [1.54, 1.807) is 10.6 Å². The third-order valence-corrected chi connectivity index (χ3v) is 2.49. The van der Waals surface area contributed by atoms with Crippen molar-refractivity contribution in [2.75, 3.05) is 0 Å². The third kappa shape index (κ3) is 1.25. The van der Waals surface area contributed by atoms with Crippen molar-refractivity contribution in [2.24, 2.45) is 0 Å². The van der Waals surface area contributed by atoms with Crippen molar-refractivity contribution in [3.05, 3.63) is 23.8 Å². The molecule has 76 valence electrons. The Labute approximate surface area is 84.6 Å². The summed E-state index contributed by atoms with van der Waals surface area (Å²) in [6, 6.07) is 1.58. The van der Waals surface area contributed by atoms with Crippen LogP contribution in [0, 0.1) is 0 Å². The molecule has 0 bridgehead atoms. The first-order valence-electron chi connectivity index (χ1n) is 4.69. The highest BCUT2D eigenvalue weighted by molar-refractivity contribution is 5.85. The minimum absolute atomic E-state index is 0.0393. The van der Waals surface area contributed by atoms with Crippen LogP contribution in [-0.2, 0) is 0 Å². The fourth-order valence-corrected chi connectivity index (χ4v) is 1.61. The molecule has 0 unspecified atom stereocenters. The van der Waals surface area contributed by atoms with Crippen LogP contribution in [0.5, 0.6) is 0 Å². The summed E-state index contributed by atoms with van der Waals surface area (Å²) in [5.41, 5.74) is 0.937. The highest BCUT2D eigenvalue weighted by Crippen LogP contribution is 2.39. The van der Waals surface area contributed by atoms with Crippen molar-refractivity contribution in [3.63, 3.8) is 0 Å². The molecule has 2 aromatic rings. The van der Waals surface area contributed by atoms with Crippen molar-refractivity contribution in [3.8, 4) is 0 Å². The van der Waals surface area contributed by atoms with Gasteiger partial charge in [-0.15, -0.1) is 0 Å². The smallest absolute Gasteiger partial charge is 0.354 e. The number of carboxylic acids is 1. The summed E-state index contributed by atoms with van der Waals surface area (Å²) in [6.45, 7) is 0. The van der Waals surface area contributed by atoms with Crippen molar-refractivity contribution in [2.45, 2.75) is 18.8 Å². The molecule has 6 nitrogen and oxygen atoms in total. The highest BCUT2D eigenvalue weighted by atomic mass is 16.4. The van der Waals surface area contributed by atoms with Gasteiger partial charge in [-0.05, 0) is 18.9 Å². The fourth-order valence-electron chi connectivity index (χ4n) is 1.61. The molecule has 2 aromatic heterocycles. The van der Waals surface area contributed by atoms with Gasteiger partial charge in [-0.2, -0.15) is 10.1 Å². The Bertz CT molecular complexity index is 544. The average molecular weight is 204 g/mol. The van der Waals surface area contributed by atoms with E-state index in [0.29, 0.717) is 11.7 Å². The van der Waals surface area contributed by atoms with E-state index >= 15 is 0 Å². The van der Waals surface area contributed by atoms with Gasteiger partial charge in [-0.1, -0.05) is 0 Å². The molecule has 3 rings (SSSR count). The summed E-state index contributed by atoms with van der Waals surface area (Å²) in [7, 11) is 0. The van der Waals surface area contributed by atoms with Crippen LogP contribution in [0.3, 0.4) is 0 Å². The van der Waals surface area contributed by atoms with Crippen LogP contribution >= 0.6 is 0 Å². The number of nitrogens with zero attached hydrogens (tertiary/aromatic N) is 4. The summed E-state index contributed by atoms with van der Waals surface area (Å²) >= 11 is 0.